The summed E-state index contributed by atoms with van der Waals surface area (Å²) in [6, 6.07) is 23.4. The third-order valence-electron chi connectivity index (χ3n) is 4.04. The van der Waals surface area contributed by atoms with Gasteiger partial charge < -0.3 is 21.1 Å². The summed E-state index contributed by atoms with van der Waals surface area (Å²) in [6.45, 7) is 0.905. The maximum absolute atomic E-state index is 12.2. The fourth-order valence-electron chi connectivity index (χ4n) is 2.57. The van der Waals surface area contributed by atoms with Gasteiger partial charge in [-0.3, -0.25) is 4.79 Å². The monoisotopic (exact) mass is 375 g/mol. The number of nitrogens with two attached hydrogens (primary N) is 1. The Balaban J connectivity index is 1.48. The zero-order chi connectivity index (χ0) is 19.8. The SMILES string of the molecule is NC(=O)Nc1ccc(C(=O)NCc2ccc(COc3ccccc3)cc2)cc1. The minimum atomic E-state index is -0.644. The molecule has 6 nitrogen and oxygen atoms in total. The van der Waals surface area contributed by atoms with E-state index in [4.69, 9.17) is 10.5 Å². The van der Waals surface area contributed by atoms with Gasteiger partial charge in [0.2, 0.25) is 0 Å². The van der Waals surface area contributed by atoms with E-state index in [1.807, 2.05) is 54.6 Å². The van der Waals surface area contributed by atoms with Crippen molar-refractivity contribution in [3.8, 4) is 5.75 Å². The van der Waals surface area contributed by atoms with Gasteiger partial charge in [0.05, 0.1) is 0 Å². The van der Waals surface area contributed by atoms with Gasteiger partial charge in [0.15, 0.2) is 0 Å². The van der Waals surface area contributed by atoms with Gasteiger partial charge in [-0.25, -0.2) is 4.79 Å². The number of rotatable bonds is 7. The predicted molar refractivity (Wildman–Crippen MR) is 108 cm³/mol. The molecule has 4 N–H and O–H groups in total. The third-order valence-corrected chi connectivity index (χ3v) is 4.04. The van der Waals surface area contributed by atoms with E-state index < -0.39 is 6.03 Å². The highest BCUT2D eigenvalue weighted by atomic mass is 16.5. The first-order chi connectivity index (χ1) is 13.6. The molecule has 0 aliphatic rings. The summed E-state index contributed by atoms with van der Waals surface area (Å²) in [7, 11) is 0. The number of amides is 3. The number of carbonyl (C=O) groups is 2. The van der Waals surface area contributed by atoms with Gasteiger partial charge in [0.1, 0.15) is 12.4 Å². The van der Waals surface area contributed by atoms with E-state index in [0.717, 1.165) is 16.9 Å². The molecule has 6 heteroatoms. The molecule has 3 rings (SSSR count). The van der Waals surface area contributed by atoms with Crippen molar-refractivity contribution >= 4 is 17.6 Å². The first-order valence-corrected chi connectivity index (χ1v) is 8.80. The number of anilines is 1. The maximum atomic E-state index is 12.2. The van der Waals surface area contributed by atoms with E-state index in [9.17, 15) is 9.59 Å². The van der Waals surface area contributed by atoms with Crippen molar-refractivity contribution in [1.29, 1.82) is 0 Å². The summed E-state index contributed by atoms with van der Waals surface area (Å²) in [6.07, 6.45) is 0. The number of para-hydroxylation sites is 1. The van der Waals surface area contributed by atoms with Gasteiger partial charge in [-0.15, -0.1) is 0 Å². The molecule has 142 valence electrons. The highest BCUT2D eigenvalue weighted by molar-refractivity contribution is 5.95. The molecule has 0 unspecified atom stereocenters. The molecule has 0 spiro atoms. The Morgan fingerprint density at radius 2 is 1.46 bits per heavy atom. The van der Waals surface area contributed by atoms with Crippen LogP contribution in [0, 0.1) is 0 Å². The molecule has 3 aromatic carbocycles. The van der Waals surface area contributed by atoms with Crippen LogP contribution < -0.4 is 21.1 Å². The van der Waals surface area contributed by atoms with E-state index in [-0.39, 0.29) is 5.91 Å². The van der Waals surface area contributed by atoms with Gasteiger partial charge in [0.25, 0.3) is 5.91 Å². The first-order valence-electron chi connectivity index (χ1n) is 8.80. The molecule has 0 radical (unpaired) electrons. The van der Waals surface area contributed by atoms with Crippen LogP contribution in [-0.2, 0) is 13.2 Å². The Kier molecular flexibility index (Phi) is 6.25. The van der Waals surface area contributed by atoms with Crippen LogP contribution in [0.4, 0.5) is 10.5 Å². The lowest BCUT2D eigenvalue weighted by Crippen LogP contribution is -2.23. The minimum Gasteiger partial charge on any atom is -0.489 e. The molecule has 0 aliphatic heterocycles. The fourth-order valence-corrected chi connectivity index (χ4v) is 2.57. The second kappa shape index (κ2) is 9.23. The van der Waals surface area contributed by atoms with Crippen molar-refractivity contribution < 1.29 is 14.3 Å². The van der Waals surface area contributed by atoms with E-state index in [1.54, 1.807) is 24.3 Å². The number of urea groups is 1. The van der Waals surface area contributed by atoms with Crippen LogP contribution in [-0.4, -0.2) is 11.9 Å². The van der Waals surface area contributed by atoms with Gasteiger partial charge in [-0.1, -0.05) is 42.5 Å². The van der Waals surface area contributed by atoms with Gasteiger partial charge in [-0.2, -0.15) is 0 Å². The normalized spacial score (nSPS) is 10.1. The summed E-state index contributed by atoms with van der Waals surface area (Å²) in [5.74, 6) is 0.637. The lowest BCUT2D eigenvalue weighted by Gasteiger charge is -2.09. The van der Waals surface area contributed by atoms with Crippen molar-refractivity contribution in [3.63, 3.8) is 0 Å². The lowest BCUT2D eigenvalue weighted by atomic mass is 10.1. The Hall–Kier alpha value is -3.80. The van der Waals surface area contributed by atoms with E-state index >= 15 is 0 Å². The molecule has 3 aromatic rings. The Bertz CT molecular complexity index is 924. The summed E-state index contributed by atoms with van der Waals surface area (Å²) in [5, 5.41) is 5.32. The van der Waals surface area contributed by atoms with Crippen molar-refractivity contribution in [2.75, 3.05) is 5.32 Å². The van der Waals surface area contributed by atoms with Crippen LogP contribution in [0.15, 0.2) is 78.9 Å². The molecule has 0 saturated carbocycles. The average Bonchev–Trinajstić information content (AvgIpc) is 2.72. The molecule has 0 atom stereocenters. The smallest absolute Gasteiger partial charge is 0.316 e. The molecule has 28 heavy (non-hydrogen) atoms. The van der Waals surface area contributed by atoms with E-state index in [0.29, 0.717) is 24.4 Å². The van der Waals surface area contributed by atoms with Crippen LogP contribution >= 0.6 is 0 Å². The standard InChI is InChI=1S/C22H21N3O3/c23-22(27)25-19-12-10-18(11-13-19)21(26)24-14-16-6-8-17(9-7-16)15-28-20-4-2-1-3-5-20/h1-13H,14-15H2,(H,24,26)(H3,23,25,27). The van der Waals surface area contributed by atoms with Crippen LogP contribution in [0.25, 0.3) is 0 Å². The van der Waals surface area contributed by atoms with Crippen LogP contribution in [0.1, 0.15) is 21.5 Å². The third kappa shape index (κ3) is 5.60. The number of hydrogen-bond donors (Lipinski definition) is 3. The Morgan fingerprint density at radius 1 is 0.821 bits per heavy atom. The molecule has 3 amide bonds. The quantitative estimate of drug-likeness (QED) is 0.588. The van der Waals surface area contributed by atoms with Gasteiger partial charge >= 0.3 is 6.03 Å². The summed E-state index contributed by atoms with van der Waals surface area (Å²) >= 11 is 0. The Morgan fingerprint density at radius 3 is 2.11 bits per heavy atom. The van der Waals surface area contributed by atoms with Crippen molar-refractivity contribution in [1.82, 2.24) is 5.32 Å². The van der Waals surface area contributed by atoms with E-state index in [1.165, 1.54) is 0 Å². The van der Waals surface area contributed by atoms with Crippen molar-refractivity contribution in [3.05, 3.63) is 95.6 Å². The molecule has 0 aromatic heterocycles. The number of benzene rings is 3. The predicted octanol–water partition coefficient (Wildman–Crippen LogP) is 3.69. The number of hydrogen-bond acceptors (Lipinski definition) is 3. The highest BCUT2D eigenvalue weighted by Crippen LogP contribution is 2.13. The Labute approximate surface area is 163 Å². The van der Waals surface area contributed by atoms with Gasteiger partial charge in [0, 0.05) is 17.8 Å². The molecular formula is C22H21N3O3. The summed E-state index contributed by atoms with van der Waals surface area (Å²) in [4.78, 5) is 23.0. The minimum absolute atomic E-state index is 0.192. The lowest BCUT2D eigenvalue weighted by molar-refractivity contribution is 0.0951. The van der Waals surface area contributed by atoms with Crippen LogP contribution in [0.2, 0.25) is 0 Å². The van der Waals surface area contributed by atoms with Crippen molar-refractivity contribution in [2.24, 2.45) is 5.73 Å². The summed E-state index contributed by atoms with van der Waals surface area (Å²) in [5.41, 5.74) is 8.14. The molecular weight excluding hydrogens is 354 g/mol. The second-order valence-electron chi connectivity index (χ2n) is 6.17. The molecule has 0 aliphatic carbocycles. The first kappa shape index (κ1) is 19.0. The second-order valence-corrected chi connectivity index (χ2v) is 6.17. The average molecular weight is 375 g/mol. The largest absolute Gasteiger partial charge is 0.489 e. The maximum Gasteiger partial charge on any atom is 0.316 e. The number of ether oxygens (including phenoxy) is 1. The van der Waals surface area contributed by atoms with Crippen molar-refractivity contribution in [2.45, 2.75) is 13.2 Å². The topological polar surface area (TPSA) is 93.5 Å². The molecule has 0 bridgehead atoms. The van der Waals surface area contributed by atoms with Crippen LogP contribution in [0.3, 0.4) is 0 Å². The summed E-state index contributed by atoms with van der Waals surface area (Å²) < 4.78 is 5.72. The molecule has 0 fully saturated rings. The number of primary amides is 1. The number of nitrogens with one attached hydrogen (secondary N) is 2. The molecule has 0 saturated heterocycles. The zero-order valence-electron chi connectivity index (χ0n) is 15.2. The van der Waals surface area contributed by atoms with Gasteiger partial charge in [-0.05, 0) is 47.5 Å². The van der Waals surface area contributed by atoms with Crippen LogP contribution in [0.5, 0.6) is 5.75 Å². The highest BCUT2D eigenvalue weighted by Gasteiger charge is 2.06. The van der Waals surface area contributed by atoms with E-state index in [2.05, 4.69) is 10.6 Å². The number of carbonyl (C=O) groups excluding carboxylic acids is 2. The fraction of sp³-hybridized carbons (Fsp3) is 0.0909. The zero-order valence-corrected chi connectivity index (χ0v) is 15.2. The molecule has 0 heterocycles.